The zero-order valence-corrected chi connectivity index (χ0v) is 11.8. The van der Waals surface area contributed by atoms with Crippen LogP contribution in [-0.4, -0.2) is 49.2 Å². The van der Waals surface area contributed by atoms with Crippen LogP contribution in [0.3, 0.4) is 0 Å². The van der Waals surface area contributed by atoms with Gasteiger partial charge in [-0.1, -0.05) is 13.8 Å². The molecule has 0 spiro atoms. The van der Waals surface area contributed by atoms with Crippen LogP contribution < -0.4 is 5.32 Å². The molecule has 4 nitrogen and oxygen atoms in total. The standard InChI is InChI=1S/C14H26N2O2/c1-4-15-13-9-18-8-12(13)14(17)16-7-5-6-10(2)11(16)3/h10-13,15H,4-9H2,1-3H3. The molecule has 2 heterocycles. The van der Waals surface area contributed by atoms with Crippen LogP contribution in [0.15, 0.2) is 0 Å². The molecule has 1 amide bonds. The quantitative estimate of drug-likeness (QED) is 0.824. The van der Waals surface area contributed by atoms with Crippen LogP contribution in [0.25, 0.3) is 0 Å². The van der Waals surface area contributed by atoms with Gasteiger partial charge in [-0.2, -0.15) is 0 Å². The molecule has 0 radical (unpaired) electrons. The minimum atomic E-state index is 0.0118. The first-order chi connectivity index (χ1) is 8.65. The molecule has 2 rings (SSSR count). The smallest absolute Gasteiger partial charge is 0.229 e. The molecule has 0 bridgehead atoms. The van der Waals surface area contributed by atoms with Gasteiger partial charge < -0.3 is 15.0 Å². The van der Waals surface area contributed by atoms with E-state index in [4.69, 9.17) is 4.74 Å². The third-order valence-electron chi connectivity index (χ3n) is 4.52. The Balaban J connectivity index is 2.01. The van der Waals surface area contributed by atoms with Crippen LogP contribution in [0.5, 0.6) is 0 Å². The number of hydrogen-bond donors (Lipinski definition) is 1. The van der Waals surface area contributed by atoms with Crippen molar-refractivity contribution in [1.29, 1.82) is 0 Å². The first-order valence-corrected chi connectivity index (χ1v) is 7.26. The Kier molecular flexibility index (Phi) is 4.62. The van der Waals surface area contributed by atoms with Crippen LogP contribution in [0.1, 0.15) is 33.6 Å². The predicted octanol–water partition coefficient (Wildman–Crippen LogP) is 1.26. The highest BCUT2D eigenvalue weighted by Crippen LogP contribution is 2.26. The van der Waals surface area contributed by atoms with Crippen molar-refractivity contribution in [1.82, 2.24) is 10.2 Å². The molecule has 4 unspecified atom stereocenters. The summed E-state index contributed by atoms with van der Waals surface area (Å²) in [6, 6.07) is 0.570. The topological polar surface area (TPSA) is 41.6 Å². The number of carbonyl (C=O) groups is 1. The molecule has 0 saturated carbocycles. The highest BCUT2D eigenvalue weighted by atomic mass is 16.5. The maximum atomic E-state index is 12.6. The van der Waals surface area contributed by atoms with E-state index in [1.165, 1.54) is 6.42 Å². The van der Waals surface area contributed by atoms with Gasteiger partial charge in [0.15, 0.2) is 0 Å². The van der Waals surface area contributed by atoms with E-state index < -0.39 is 0 Å². The van der Waals surface area contributed by atoms with Gasteiger partial charge in [-0.15, -0.1) is 0 Å². The Hall–Kier alpha value is -0.610. The van der Waals surface area contributed by atoms with Crippen LogP contribution in [0, 0.1) is 11.8 Å². The van der Waals surface area contributed by atoms with E-state index in [2.05, 4.69) is 31.0 Å². The molecule has 0 aliphatic carbocycles. The van der Waals surface area contributed by atoms with Crippen molar-refractivity contribution in [2.24, 2.45) is 11.8 Å². The first-order valence-electron chi connectivity index (χ1n) is 7.26. The Morgan fingerprint density at radius 1 is 1.39 bits per heavy atom. The number of likely N-dealkylation sites (tertiary alicyclic amines) is 1. The number of carbonyl (C=O) groups excluding carboxylic acids is 1. The molecule has 0 aromatic rings. The Morgan fingerprint density at radius 2 is 2.17 bits per heavy atom. The van der Waals surface area contributed by atoms with Crippen LogP contribution in [0.4, 0.5) is 0 Å². The highest BCUT2D eigenvalue weighted by molar-refractivity contribution is 5.80. The maximum Gasteiger partial charge on any atom is 0.229 e. The minimum Gasteiger partial charge on any atom is -0.379 e. The van der Waals surface area contributed by atoms with Gasteiger partial charge in [-0.25, -0.2) is 0 Å². The third-order valence-corrected chi connectivity index (χ3v) is 4.52. The molecule has 2 saturated heterocycles. The molecule has 0 aromatic heterocycles. The normalized spacial score (nSPS) is 36.9. The van der Waals surface area contributed by atoms with Crippen molar-refractivity contribution in [3.8, 4) is 0 Å². The fraction of sp³-hybridized carbons (Fsp3) is 0.929. The van der Waals surface area contributed by atoms with Crippen molar-refractivity contribution in [2.45, 2.75) is 45.7 Å². The summed E-state index contributed by atoms with van der Waals surface area (Å²) >= 11 is 0. The first kappa shape index (κ1) is 13.8. The monoisotopic (exact) mass is 254 g/mol. The van der Waals surface area contributed by atoms with E-state index in [0.29, 0.717) is 25.2 Å². The number of nitrogens with zero attached hydrogens (tertiary/aromatic N) is 1. The Morgan fingerprint density at radius 3 is 2.89 bits per heavy atom. The van der Waals surface area contributed by atoms with Crippen molar-refractivity contribution in [3.63, 3.8) is 0 Å². The predicted molar refractivity (Wildman–Crippen MR) is 71.3 cm³/mol. The lowest BCUT2D eigenvalue weighted by molar-refractivity contribution is -0.140. The average molecular weight is 254 g/mol. The summed E-state index contributed by atoms with van der Waals surface area (Å²) in [6.07, 6.45) is 2.37. The summed E-state index contributed by atoms with van der Waals surface area (Å²) in [5.74, 6) is 0.915. The number of rotatable bonds is 3. The van der Waals surface area contributed by atoms with E-state index in [1.54, 1.807) is 0 Å². The summed E-state index contributed by atoms with van der Waals surface area (Å²) in [6.45, 7) is 9.56. The second-order valence-electron chi connectivity index (χ2n) is 5.70. The molecular weight excluding hydrogens is 228 g/mol. The summed E-state index contributed by atoms with van der Waals surface area (Å²) in [4.78, 5) is 14.7. The molecule has 4 atom stereocenters. The van der Waals surface area contributed by atoms with Gasteiger partial charge in [0.2, 0.25) is 5.91 Å². The van der Waals surface area contributed by atoms with Crippen molar-refractivity contribution in [3.05, 3.63) is 0 Å². The molecule has 0 aromatic carbocycles. The molecule has 2 aliphatic heterocycles. The van der Waals surface area contributed by atoms with Gasteiger partial charge in [0.25, 0.3) is 0 Å². The molecule has 2 aliphatic rings. The number of amides is 1. The Labute approximate surface area is 110 Å². The second-order valence-corrected chi connectivity index (χ2v) is 5.70. The van der Waals surface area contributed by atoms with Gasteiger partial charge in [0, 0.05) is 18.6 Å². The highest BCUT2D eigenvalue weighted by Gasteiger charge is 2.39. The zero-order chi connectivity index (χ0) is 13.1. The number of piperidine rings is 1. The van der Waals surface area contributed by atoms with E-state index >= 15 is 0 Å². The summed E-state index contributed by atoms with van der Waals surface area (Å²) in [5, 5.41) is 3.37. The van der Waals surface area contributed by atoms with E-state index in [-0.39, 0.29) is 17.9 Å². The van der Waals surface area contributed by atoms with Crippen molar-refractivity contribution >= 4 is 5.91 Å². The van der Waals surface area contributed by atoms with Gasteiger partial charge in [-0.05, 0) is 32.2 Å². The average Bonchev–Trinajstić information content (AvgIpc) is 2.80. The minimum absolute atomic E-state index is 0.0118. The summed E-state index contributed by atoms with van der Waals surface area (Å²) in [7, 11) is 0. The fourth-order valence-corrected chi connectivity index (χ4v) is 3.12. The van der Waals surface area contributed by atoms with E-state index in [0.717, 1.165) is 19.5 Å². The largest absolute Gasteiger partial charge is 0.379 e. The van der Waals surface area contributed by atoms with Crippen LogP contribution in [0.2, 0.25) is 0 Å². The lowest BCUT2D eigenvalue weighted by Gasteiger charge is -2.39. The fourth-order valence-electron chi connectivity index (χ4n) is 3.12. The molecule has 4 heteroatoms. The van der Waals surface area contributed by atoms with Crippen molar-refractivity contribution < 1.29 is 9.53 Å². The van der Waals surface area contributed by atoms with E-state index in [1.807, 2.05) is 0 Å². The van der Waals surface area contributed by atoms with Crippen LogP contribution >= 0.6 is 0 Å². The van der Waals surface area contributed by atoms with Gasteiger partial charge in [-0.3, -0.25) is 4.79 Å². The molecular formula is C14H26N2O2. The number of nitrogens with one attached hydrogen (secondary N) is 1. The lowest BCUT2D eigenvalue weighted by atomic mass is 9.90. The second kappa shape index (κ2) is 6.02. The number of likely N-dealkylation sites (N-methyl/N-ethyl adjacent to an activating group) is 1. The Bertz CT molecular complexity index is 296. The summed E-state index contributed by atoms with van der Waals surface area (Å²) in [5.41, 5.74) is 0. The molecule has 18 heavy (non-hydrogen) atoms. The SMILES string of the molecule is CCNC1COCC1C(=O)N1CCCC(C)C1C. The van der Waals surface area contributed by atoms with Crippen molar-refractivity contribution in [2.75, 3.05) is 26.3 Å². The van der Waals surface area contributed by atoms with E-state index in [9.17, 15) is 4.79 Å². The van der Waals surface area contributed by atoms with Gasteiger partial charge in [0.1, 0.15) is 0 Å². The van der Waals surface area contributed by atoms with Crippen LogP contribution in [-0.2, 0) is 9.53 Å². The molecule has 104 valence electrons. The maximum absolute atomic E-state index is 12.6. The number of ether oxygens (including phenoxy) is 1. The van der Waals surface area contributed by atoms with Gasteiger partial charge in [0.05, 0.1) is 19.1 Å². The van der Waals surface area contributed by atoms with Gasteiger partial charge >= 0.3 is 0 Å². The summed E-state index contributed by atoms with van der Waals surface area (Å²) < 4.78 is 5.49. The third kappa shape index (κ3) is 2.69. The molecule has 2 fully saturated rings. The molecule has 1 N–H and O–H groups in total. The lowest BCUT2D eigenvalue weighted by Crippen LogP contribution is -2.52. The number of hydrogen-bond acceptors (Lipinski definition) is 3. The zero-order valence-electron chi connectivity index (χ0n) is 11.8.